The molecule has 2 rings (SSSR count). The number of pyridine rings is 1. The molecule has 0 bridgehead atoms. The average molecular weight is 283 g/mol. The van der Waals surface area contributed by atoms with Gasteiger partial charge in [0.05, 0.1) is 5.52 Å². The quantitative estimate of drug-likeness (QED) is 0.832. The Morgan fingerprint density at radius 1 is 1.28 bits per heavy atom. The topological polar surface area (TPSA) is 24.9 Å². The molecule has 1 aromatic carbocycles. The van der Waals surface area contributed by atoms with E-state index in [2.05, 4.69) is 24.1 Å². The van der Waals surface area contributed by atoms with Crippen LogP contribution in [0, 0.1) is 5.92 Å². The molecule has 0 radical (unpaired) electrons. The molecule has 1 atom stereocenters. The predicted octanol–water partition coefficient (Wildman–Crippen LogP) is 4.56. The minimum absolute atomic E-state index is 0.243. The van der Waals surface area contributed by atoms with Gasteiger partial charge in [0.15, 0.2) is 0 Å². The molecule has 0 aliphatic carbocycles. The number of alkyl halides is 1. The predicted molar refractivity (Wildman–Crippen MR) is 79.7 cm³/mol. The van der Waals surface area contributed by atoms with Crippen molar-refractivity contribution in [2.75, 3.05) is 11.2 Å². The van der Waals surface area contributed by atoms with Crippen molar-refractivity contribution in [2.45, 2.75) is 19.9 Å². The molecule has 0 aliphatic heterocycles. The third-order valence-electron chi connectivity index (χ3n) is 3.02. The van der Waals surface area contributed by atoms with Crippen LogP contribution in [0.4, 0.5) is 5.69 Å². The van der Waals surface area contributed by atoms with Crippen LogP contribution < -0.4 is 5.32 Å². The zero-order valence-electron chi connectivity index (χ0n) is 10.5. The maximum atomic E-state index is 5.99. The zero-order valence-corrected chi connectivity index (χ0v) is 12.0. The highest BCUT2D eigenvalue weighted by Crippen LogP contribution is 2.25. The molecule has 2 aromatic rings. The van der Waals surface area contributed by atoms with Crippen LogP contribution in [-0.2, 0) is 0 Å². The molecule has 1 N–H and O–H groups in total. The summed E-state index contributed by atoms with van der Waals surface area (Å²) < 4.78 is 0. The highest BCUT2D eigenvalue weighted by molar-refractivity contribution is 6.31. The second kappa shape index (κ2) is 5.77. The molecule has 0 spiro atoms. The van der Waals surface area contributed by atoms with Crippen molar-refractivity contribution in [1.29, 1.82) is 0 Å². The number of nitrogens with one attached hydrogen (secondary N) is 1. The normalized spacial score (nSPS) is 12.9. The van der Waals surface area contributed by atoms with E-state index in [0.717, 1.165) is 16.6 Å². The van der Waals surface area contributed by atoms with Gasteiger partial charge in [0.1, 0.15) is 0 Å². The van der Waals surface area contributed by atoms with Crippen LogP contribution >= 0.6 is 23.2 Å². The van der Waals surface area contributed by atoms with Crippen molar-refractivity contribution in [3.63, 3.8) is 0 Å². The van der Waals surface area contributed by atoms with E-state index in [9.17, 15) is 0 Å². The number of aromatic nitrogens is 1. The molecule has 2 nitrogen and oxygen atoms in total. The molecule has 1 aromatic heterocycles. The Bertz CT molecular complexity index is 540. The van der Waals surface area contributed by atoms with E-state index in [1.807, 2.05) is 24.3 Å². The van der Waals surface area contributed by atoms with E-state index in [0.29, 0.717) is 16.8 Å². The first kappa shape index (κ1) is 13.4. The zero-order chi connectivity index (χ0) is 13.1. The maximum absolute atomic E-state index is 5.99. The minimum Gasteiger partial charge on any atom is -0.380 e. The fraction of sp³-hybridized carbons (Fsp3) is 0.357. The van der Waals surface area contributed by atoms with E-state index >= 15 is 0 Å². The Morgan fingerprint density at radius 2 is 2.06 bits per heavy atom. The fourth-order valence-corrected chi connectivity index (χ4v) is 2.43. The van der Waals surface area contributed by atoms with Crippen LogP contribution in [0.15, 0.2) is 30.5 Å². The largest absolute Gasteiger partial charge is 0.380 e. The first-order chi connectivity index (χ1) is 8.61. The van der Waals surface area contributed by atoms with E-state index in [1.54, 1.807) is 6.20 Å². The summed E-state index contributed by atoms with van der Waals surface area (Å²) in [5.41, 5.74) is 1.94. The second-order valence-corrected chi connectivity index (χ2v) is 5.41. The molecule has 0 saturated heterocycles. The summed E-state index contributed by atoms with van der Waals surface area (Å²) in [5, 5.41) is 5.24. The molecular formula is C14H16Cl2N2. The Hall–Kier alpha value is -0.990. The summed E-state index contributed by atoms with van der Waals surface area (Å²) in [6, 6.07) is 7.94. The number of fused-ring (bicyclic) bond motifs is 1. The molecule has 0 fully saturated rings. The number of anilines is 1. The van der Waals surface area contributed by atoms with Gasteiger partial charge in [-0.05, 0) is 30.2 Å². The van der Waals surface area contributed by atoms with Gasteiger partial charge in [-0.2, -0.15) is 0 Å². The summed E-state index contributed by atoms with van der Waals surface area (Å²) in [6.45, 7) is 4.31. The summed E-state index contributed by atoms with van der Waals surface area (Å²) in [5.74, 6) is 1.05. The van der Waals surface area contributed by atoms with Crippen molar-refractivity contribution in [2.24, 2.45) is 5.92 Å². The molecule has 1 unspecified atom stereocenters. The lowest BCUT2D eigenvalue weighted by Crippen LogP contribution is -2.27. The summed E-state index contributed by atoms with van der Waals surface area (Å²) >= 11 is 12.0. The summed E-state index contributed by atoms with van der Waals surface area (Å²) in [4.78, 5) is 4.32. The first-order valence-electron chi connectivity index (χ1n) is 5.98. The molecule has 96 valence electrons. The second-order valence-electron chi connectivity index (χ2n) is 4.67. The van der Waals surface area contributed by atoms with Crippen LogP contribution in [-0.4, -0.2) is 16.9 Å². The lowest BCUT2D eigenvalue weighted by molar-refractivity contribution is 0.565. The summed E-state index contributed by atoms with van der Waals surface area (Å²) in [6.07, 6.45) is 1.78. The molecular weight excluding hydrogens is 267 g/mol. The van der Waals surface area contributed by atoms with Gasteiger partial charge < -0.3 is 5.32 Å². The Balaban J connectivity index is 2.39. The van der Waals surface area contributed by atoms with E-state index in [4.69, 9.17) is 23.2 Å². The first-order valence-corrected chi connectivity index (χ1v) is 6.90. The number of halogens is 2. The van der Waals surface area contributed by atoms with Crippen LogP contribution in [0.3, 0.4) is 0 Å². The molecule has 18 heavy (non-hydrogen) atoms. The summed E-state index contributed by atoms with van der Waals surface area (Å²) in [7, 11) is 0. The average Bonchev–Trinajstić information content (AvgIpc) is 2.35. The molecule has 0 saturated carbocycles. The van der Waals surface area contributed by atoms with Crippen molar-refractivity contribution >= 4 is 39.8 Å². The SMILES string of the molecule is CC(C)C(CCl)Nc1ccnc2cc(Cl)ccc12. The van der Waals surface area contributed by atoms with Crippen LogP contribution in [0.25, 0.3) is 10.9 Å². The molecule has 4 heteroatoms. The van der Waals surface area contributed by atoms with Gasteiger partial charge in [-0.3, -0.25) is 4.98 Å². The number of nitrogens with zero attached hydrogens (tertiary/aromatic N) is 1. The highest BCUT2D eigenvalue weighted by Gasteiger charge is 2.13. The smallest absolute Gasteiger partial charge is 0.0737 e. The van der Waals surface area contributed by atoms with Crippen LogP contribution in [0.5, 0.6) is 0 Å². The van der Waals surface area contributed by atoms with Gasteiger partial charge >= 0.3 is 0 Å². The molecule has 0 aliphatic rings. The van der Waals surface area contributed by atoms with Crippen LogP contribution in [0.1, 0.15) is 13.8 Å². The van der Waals surface area contributed by atoms with E-state index in [1.165, 1.54) is 0 Å². The van der Waals surface area contributed by atoms with E-state index < -0.39 is 0 Å². The fourth-order valence-electron chi connectivity index (χ4n) is 1.83. The van der Waals surface area contributed by atoms with Crippen molar-refractivity contribution in [1.82, 2.24) is 4.98 Å². The number of benzene rings is 1. The van der Waals surface area contributed by atoms with Gasteiger partial charge in [0, 0.05) is 34.2 Å². The van der Waals surface area contributed by atoms with Crippen molar-refractivity contribution in [3.05, 3.63) is 35.5 Å². The Kier molecular flexibility index (Phi) is 4.31. The lowest BCUT2D eigenvalue weighted by atomic mass is 10.1. The minimum atomic E-state index is 0.243. The van der Waals surface area contributed by atoms with E-state index in [-0.39, 0.29) is 6.04 Å². The van der Waals surface area contributed by atoms with Gasteiger partial charge in [-0.25, -0.2) is 0 Å². The van der Waals surface area contributed by atoms with Gasteiger partial charge in [-0.15, -0.1) is 11.6 Å². The molecule has 0 amide bonds. The van der Waals surface area contributed by atoms with Gasteiger partial charge in [0.25, 0.3) is 0 Å². The Morgan fingerprint density at radius 3 is 2.72 bits per heavy atom. The monoisotopic (exact) mass is 282 g/mol. The molecule has 1 heterocycles. The standard InChI is InChI=1S/C14H16Cl2N2/c1-9(2)14(8-15)18-12-5-6-17-13-7-10(16)3-4-11(12)13/h3-7,9,14H,8H2,1-2H3,(H,17,18). The van der Waals surface area contributed by atoms with Crippen LogP contribution in [0.2, 0.25) is 5.02 Å². The maximum Gasteiger partial charge on any atom is 0.0737 e. The number of hydrogen-bond donors (Lipinski definition) is 1. The van der Waals surface area contributed by atoms with Crippen molar-refractivity contribution < 1.29 is 0 Å². The van der Waals surface area contributed by atoms with Gasteiger partial charge in [0.2, 0.25) is 0 Å². The van der Waals surface area contributed by atoms with Crippen molar-refractivity contribution in [3.8, 4) is 0 Å². The number of hydrogen-bond acceptors (Lipinski definition) is 2. The Labute approximate surface area is 117 Å². The number of rotatable bonds is 4. The van der Waals surface area contributed by atoms with Gasteiger partial charge in [-0.1, -0.05) is 25.4 Å². The highest BCUT2D eigenvalue weighted by atomic mass is 35.5. The third-order valence-corrected chi connectivity index (χ3v) is 3.58. The lowest BCUT2D eigenvalue weighted by Gasteiger charge is -2.21. The third kappa shape index (κ3) is 2.88.